The van der Waals surface area contributed by atoms with E-state index in [4.69, 9.17) is 0 Å². The quantitative estimate of drug-likeness (QED) is 0.128. The molecule has 12 aromatic carbocycles. The molecule has 0 spiro atoms. The zero-order valence-electron chi connectivity index (χ0n) is 46.7. The Bertz CT molecular complexity index is 3960. The molecule has 4 nitrogen and oxygen atoms in total. The van der Waals surface area contributed by atoms with Crippen molar-refractivity contribution in [1.82, 2.24) is 0 Å². The summed E-state index contributed by atoms with van der Waals surface area (Å²) in [6, 6.07) is 111. The summed E-state index contributed by atoms with van der Waals surface area (Å²) in [6.45, 7) is 9.52. The number of anilines is 12. The van der Waals surface area contributed by atoms with Crippen molar-refractivity contribution in [1.29, 1.82) is 0 Å². The average molecular weight is 1060 g/mol. The van der Waals surface area contributed by atoms with Gasteiger partial charge in [-0.3, -0.25) is 0 Å². The van der Waals surface area contributed by atoms with E-state index in [9.17, 15) is 0 Å². The van der Waals surface area contributed by atoms with Gasteiger partial charge in [0, 0.05) is 56.3 Å². The number of fused-ring (bicyclic) bond motifs is 4. The van der Waals surface area contributed by atoms with Gasteiger partial charge in [0.2, 0.25) is 0 Å². The molecule has 394 valence electrons. The summed E-state index contributed by atoms with van der Waals surface area (Å²) in [6.07, 6.45) is 0. The van der Waals surface area contributed by atoms with Gasteiger partial charge < -0.3 is 19.6 Å². The highest BCUT2D eigenvalue weighted by molar-refractivity contribution is 5.92. The molecule has 0 N–H and O–H groups in total. The third kappa shape index (κ3) is 8.81. The first-order valence-electron chi connectivity index (χ1n) is 28.5. The Morgan fingerprint density at radius 3 is 0.805 bits per heavy atom. The molecule has 0 amide bonds. The van der Waals surface area contributed by atoms with Crippen LogP contribution in [0.2, 0.25) is 0 Å². The molecule has 0 aliphatic carbocycles. The van der Waals surface area contributed by atoms with Gasteiger partial charge in [0.15, 0.2) is 0 Å². The van der Waals surface area contributed by atoms with E-state index in [1.807, 2.05) is 0 Å². The molecular weight excluding hydrogens is 993 g/mol. The summed E-state index contributed by atoms with van der Waals surface area (Å²) in [4.78, 5) is 9.66. The van der Waals surface area contributed by atoms with Gasteiger partial charge in [0.05, 0.1) is 22.7 Å². The largest absolute Gasteiger partial charge is 0.310 e. The lowest BCUT2D eigenvalue weighted by molar-refractivity contribution is 0.632. The predicted octanol–water partition coefficient (Wildman–Crippen LogP) is 21.8. The Balaban J connectivity index is 0.812. The Labute approximate surface area is 482 Å². The molecule has 82 heavy (non-hydrogen) atoms. The molecule has 2 heterocycles. The summed E-state index contributed by atoms with van der Waals surface area (Å²) >= 11 is 0. The van der Waals surface area contributed by atoms with Crippen molar-refractivity contribution in [2.24, 2.45) is 0 Å². The van der Waals surface area contributed by atoms with E-state index >= 15 is 0 Å². The van der Waals surface area contributed by atoms with Gasteiger partial charge in [0.1, 0.15) is 0 Å². The smallest absolute Gasteiger partial charge is 0.0504 e. The Morgan fingerprint density at radius 2 is 0.463 bits per heavy atom. The Kier molecular flexibility index (Phi) is 12.5. The summed E-state index contributed by atoms with van der Waals surface area (Å²) in [5.74, 6) is 0. The van der Waals surface area contributed by atoms with Crippen LogP contribution in [0.1, 0.15) is 49.9 Å². The fourth-order valence-corrected chi connectivity index (χ4v) is 12.7. The first-order valence-corrected chi connectivity index (χ1v) is 28.5. The zero-order valence-corrected chi connectivity index (χ0v) is 46.7. The molecule has 0 unspecified atom stereocenters. The Morgan fingerprint density at radius 1 is 0.220 bits per heavy atom. The topological polar surface area (TPSA) is 13.0 Å². The van der Waals surface area contributed by atoms with Crippen molar-refractivity contribution in [2.45, 2.75) is 38.5 Å². The SMILES string of the molecule is CC1(C)c2cc(-c3ccccc3)ccc2N(c2ccccc2)c2ccc(N(c3ccccc3)c3ccc(-c4ccc(N(c5ccccc5)c5ccc6c(c5)C(C)(C)c5cc(-c7ccccc7)ccc5N6c5ccccc5)cc4)cc3)cc21. The van der Waals surface area contributed by atoms with Gasteiger partial charge in [-0.05, 0) is 189 Å². The second-order valence-corrected chi connectivity index (χ2v) is 22.6. The second-order valence-electron chi connectivity index (χ2n) is 22.6. The molecule has 0 bridgehead atoms. The van der Waals surface area contributed by atoms with Crippen molar-refractivity contribution in [3.63, 3.8) is 0 Å². The molecule has 14 rings (SSSR count). The minimum Gasteiger partial charge on any atom is -0.310 e. The number of nitrogens with zero attached hydrogens (tertiary/aromatic N) is 4. The van der Waals surface area contributed by atoms with E-state index < -0.39 is 0 Å². The normalized spacial score (nSPS) is 13.5. The van der Waals surface area contributed by atoms with Crippen molar-refractivity contribution in [3.8, 4) is 33.4 Å². The lowest BCUT2D eigenvalue weighted by atomic mass is 9.72. The molecule has 0 fully saturated rings. The van der Waals surface area contributed by atoms with Crippen molar-refractivity contribution >= 4 is 68.2 Å². The molecule has 2 aliphatic rings. The Hall–Kier alpha value is -10.2. The molecule has 0 radical (unpaired) electrons. The summed E-state index contributed by atoms with van der Waals surface area (Å²) < 4.78 is 0. The van der Waals surface area contributed by atoms with Crippen LogP contribution < -0.4 is 19.6 Å². The fourth-order valence-electron chi connectivity index (χ4n) is 12.7. The molecule has 2 aliphatic heterocycles. The van der Waals surface area contributed by atoms with E-state index in [0.29, 0.717) is 0 Å². The molecule has 0 aromatic heterocycles. The highest BCUT2D eigenvalue weighted by Gasteiger charge is 2.40. The number of rotatable bonds is 11. The maximum atomic E-state index is 2.44. The van der Waals surface area contributed by atoms with Crippen LogP contribution in [0.3, 0.4) is 0 Å². The number of hydrogen-bond donors (Lipinski definition) is 0. The van der Waals surface area contributed by atoms with Crippen molar-refractivity contribution in [2.75, 3.05) is 19.6 Å². The first-order chi connectivity index (χ1) is 40.2. The fraction of sp³-hybridized carbons (Fsp3) is 0.0769. The predicted molar refractivity (Wildman–Crippen MR) is 346 cm³/mol. The minimum absolute atomic E-state index is 0.315. The maximum absolute atomic E-state index is 2.44. The minimum atomic E-state index is -0.315. The highest BCUT2D eigenvalue weighted by Crippen LogP contribution is 2.56. The average Bonchev–Trinajstić information content (AvgIpc) is 1.59. The summed E-state index contributed by atoms with van der Waals surface area (Å²) in [5, 5.41) is 0. The van der Waals surface area contributed by atoms with E-state index in [0.717, 1.165) is 56.6 Å². The van der Waals surface area contributed by atoms with Gasteiger partial charge >= 0.3 is 0 Å². The standard InChI is InChI=1S/C78H62N4/c1-77(2)69-51-59(55-23-11-5-12-24-55)39-47-73(69)81(63-31-19-9-20-32-63)75-49-45-67(53-71(75)77)79(61-27-15-7-16-28-61)65-41-35-57(36-42-65)58-37-43-66(44-38-58)80(62-29-17-8-18-30-62)68-46-50-76-72(54-68)78(3,4)70-52-60(56-25-13-6-14-26-56)40-48-74(70)82(76)64-33-21-10-22-34-64/h5-54H,1-4H3. The molecule has 4 heteroatoms. The van der Waals surface area contributed by atoms with Crippen molar-refractivity contribution < 1.29 is 0 Å². The molecular formula is C78H62N4. The van der Waals surface area contributed by atoms with Gasteiger partial charge in [-0.2, -0.15) is 0 Å². The van der Waals surface area contributed by atoms with Crippen LogP contribution in [0.15, 0.2) is 303 Å². The van der Waals surface area contributed by atoms with E-state index in [-0.39, 0.29) is 10.8 Å². The summed E-state index contributed by atoms with van der Waals surface area (Å²) in [7, 11) is 0. The van der Waals surface area contributed by atoms with Gasteiger partial charge in [0.25, 0.3) is 0 Å². The number of para-hydroxylation sites is 4. The van der Waals surface area contributed by atoms with Crippen LogP contribution in [-0.4, -0.2) is 0 Å². The second kappa shape index (κ2) is 20.5. The van der Waals surface area contributed by atoms with Crippen molar-refractivity contribution in [3.05, 3.63) is 326 Å². The van der Waals surface area contributed by atoms with Gasteiger partial charge in [-0.25, -0.2) is 0 Å². The highest BCUT2D eigenvalue weighted by atomic mass is 15.2. The van der Waals surface area contributed by atoms with Crippen LogP contribution >= 0.6 is 0 Å². The van der Waals surface area contributed by atoms with Crippen LogP contribution in [0, 0.1) is 0 Å². The molecule has 12 aromatic rings. The maximum Gasteiger partial charge on any atom is 0.0504 e. The summed E-state index contributed by atoms with van der Waals surface area (Å²) in [5.41, 5.74) is 25.3. The molecule has 0 atom stereocenters. The van der Waals surface area contributed by atoms with E-state index in [2.05, 4.69) is 351 Å². The van der Waals surface area contributed by atoms with Crippen LogP contribution in [0.25, 0.3) is 33.4 Å². The van der Waals surface area contributed by atoms with Crippen LogP contribution in [0.4, 0.5) is 68.2 Å². The lowest BCUT2D eigenvalue weighted by Gasteiger charge is -2.43. The molecule has 0 saturated heterocycles. The third-order valence-corrected chi connectivity index (χ3v) is 17.0. The van der Waals surface area contributed by atoms with Crippen LogP contribution in [0.5, 0.6) is 0 Å². The molecule has 0 saturated carbocycles. The zero-order chi connectivity index (χ0) is 55.4. The van der Waals surface area contributed by atoms with E-state index in [1.165, 1.54) is 67.3 Å². The van der Waals surface area contributed by atoms with Crippen LogP contribution in [-0.2, 0) is 10.8 Å². The monoisotopic (exact) mass is 1050 g/mol. The number of benzene rings is 12. The van der Waals surface area contributed by atoms with Gasteiger partial charge in [-0.15, -0.1) is 0 Å². The lowest BCUT2D eigenvalue weighted by Crippen LogP contribution is -2.31. The van der Waals surface area contributed by atoms with E-state index in [1.54, 1.807) is 0 Å². The number of hydrogen-bond acceptors (Lipinski definition) is 4. The third-order valence-electron chi connectivity index (χ3n) is 17.0. The van der Waals surface area contributed by atoms with Gasteiger partial charge in [-0.1, -0.05) is 198 Å². The first kappa shape index (κ1) is 50.1.